The van der Waals surface area contributed by atoms with Gasteiger partial charge in [0.15, 0.2) is 11.5 Å². The predicted molar refractivity (Wildman–Crippen MR) is 134 cm³/mol. The first-order valence-corrected chi connectivity index (χ1v) is 12.3. The molecule has 8 heteroatoms. The molecular weight excluding hydrogens is 466 g/mol. The van der Waals surface area contributed by atoms with E-state index in [1.165, 1.54) is 11.8 Å². The number of fused-ring (bicyclic) bond motifs is 1. The van der Waals surface area contributed by atoms with Gasteiger partial charge in [-0.1, -0.05) is 54.6 Å². The van der Waals surface area contributed by atoms with Crippen LogP contribution < -0.4 is 9.47 Å². The number of hydrogen-bond donors (Lipinski definition) is 0. The molecule has 7 nitrogen and oxygen atoms in total. The molecule has 0 unspecified atom stereocenters. The topological polar surface area (TPSA) is 87.9 Å². The van der Waals surface area contributed by atoms with E-state index in [0.29, 0.717) is 18.1 Å². The average molecular weight is 494 g/mol. The summed E-state index contributed by atoms with van der Waals surface area (Å²) in [4.78, 5) is 25.5. The molecule has 0 radical (unpaired) electrons. The summed E-state index contributed by atoms with van der Waals surface area (Å²) in [5, 5.41) is 11.9. The third kappa shape index (κ3) is 5.59. The van der Waals surface area contributed by atoms with Crippen molar-refractivity contribution >= 4 is 17.7 Å². The monoisotopic (exact) mass is 493 g/mol. The lowest BCUT2D eigenvalue weighted by molar-refractivity contribution is -0.527. The summed E-state index contributed by atoms with van der Waals surface area (Å²) in [5.74, 6) is 0.0117. The van der Waals surface area contributed by atoms with Crippen LogP contribution in [-0.2, 0) is 16.1 Å². The van der Waals surface area contributed by atoms with Crippen molar-refractivity contribution < 1.29 is 23.9 Å². The minimum absolute atomic E-state index is 0.0545. The molecule has 0 saturated heterocycles. The van der Waals surface area contributed by atoms with E-state index < -0.39 is 23.2 Å². The molecule has 3 aromatic carbocycles. The van der Waals surface area contributed by atoms with Gasteiger partial charge in [-0.05, 0) is 41.8 Å². The number of hydrogen-bond acceptors (Lipinski definition) is 7. The molecule has 0 amide bonds. The highest BCUT2D eigenvalue weighted by Gasteiger charge is 2.47. The number of carbonyl (C=O) groups is 1. The van der Waals surface area contributed by atoms with Crippen LogP contribution in [-0.4, -0.2) is 30.7 Å². The highest BCUT2D eigenvalue weighted by Crippen LogP contribution is 2.52. The molecule has 0 N–H and O–H groups in total. The Labute approximate surface area is 208 Å². The second-order valence-corrected chi connectivity index (χ2v) is 9.34. The predicted octanol–water partition coefficient (Wildman–Crippen LogP) is 5.80. The van der Waals surface area contributed by atoms with E-state index in [1.807, 2.05) is 66.7 Å². The van der Waals surface area contributed by atoms with E-state index in [2.05, 4.69) is 0 Å². The van der Waals surface area contributed by atoms with Crippen molar-refractivity contribution in [1.82, 2.24) is 0 Å². The number of thioether (sulfide) groups is 1. The number of ether oxygens (including phenoxy) is 3. The zero-order chi connectivity index (χ0) is 24.8. The van der Waals surface area contributed by atoms with E-state index in [0.717, 1.165) is 21.6 Å². The van der Waals surface area contributed by atoms with Gasteiger partial charge in [0.25, 0.3) is 0 Å². The SMILES string of the molecule is CCOC(=O)C[C@@H]1c2ccccc2S[C@H](c2ccc(OC)c(OCc3ccccc3)c2)[C@H]1[N+](=O)[O-]. The van der Waals surface area contributed by atoms with E-state index >= 15 is 0 Å². The molecule has 0 saturated carbocycles. The zero-order valence-corrected chi connectivity index (χ0v) is 20.4. The molecule has 0 fully saturated rings. The lowest BCUT2D eigenvalue weighted by Crippen LogP contribution is -2.37. The van der Waals surface area contributed by atoms with Crippen LogP contribution in [0.25, 0.3) is 0 Å². The molecule has 182 valence electrons. The standard InChI is InChI=1S/C27H27NO6S/c1-3-33-25(29)16-21-20-11-7-8-12-24(20)35-27(26(21)28(30)31)19-13-14-22(32-2)23(15-19)34-17-18-9-5-4-6-10-18/h4-15,21,26-27H,3,16-17H2,1-2H3/t21-,26+,27-/m1/s1. The second kappa shape index (κ2) is 11.3. The molecule has 1 aliphatic rings. The number of benzene rings is 3. The number of nitrogens with zero attached hydrogens (tertiary/aromatic N) is 1. The Balaban J connectivity index is 1.70. The lowest BCUT2D eigenvalue weighted by atomic mass is 9.84. The number of methoxy groups -OCH3 is 1. The van der Waals surface area contributed by atoms with Crippen molar-refractivity contribution in [1.29, 1.82) is 0 Å². The number of carbonyl (C=O) groups excluding carboxylic acids is 1. The minimum Gasteiger partial charge on any atom is -0.493 e. The summed E-state index contributed by atoms with van der Waals surface area (Å²) in [5.41, 5.74) is 2.54. The van der Waals surface area contributed by atoms with Gasteiger partial charge < -0.3 is 14.2 Å². The van der Waals surface area contributed by atoms with Crippen LogP contribution in [0, 0.1) is 10.1 Å². The largest absolute Gasteiger partial charge is 0.493 e. The summed E-state index contributed by atoms with van der Waals surface area (Å²) in [6.07, 6.45) is -0.0545. The maximum Gasteiger partial charge on any atom is 0.306 e. The van der Waals surface area contributed by atoms with Gasteiger partial charge in [-0.3, -0.25) is 14.9 Å². The highest BCUT2D eigenvalue weighted by molar-refractivity contribution is 7.99. The Morgan fingerprint density at radius 3 is 2.49 bits per heavy atom. The molecule has 3 atom stereocenters. The van der Waals surface area contributed by atoms with Crippen LogP contribution in [0.4, 0.5) is 0 Å². The normalized spacial score (nSPS) is 18.9. The van der Waals surface area contributed by atoms with Crippen molar-refractivity contribution in [2.45, 2.75) is 42.1 Å². The van der Waals surface area contributed by atoms with Gasteiger partial charge in [-0.15, -0.1) is 11.8 Å². The number of rotatable bonds is 9. The first kappa shape index (κ1) is 24.6. The summed E-state index contributed by atoms with van der Waals surface area (Å²) < 4.78 is 16.7. The third-order valence-electron chi connectivity index (χ3n) is 5.98. The average Bonchev–Trinajstić information content (AvgIpc) is 2.87. The maximum atomic E-state index is 12.4. The third-order valence-corrected chi connectivity index (χ3v) is 7.41. The highest BCUT2D eigenvalue weighted by atomic mass is 32.2. The Kier molecular flexibility index (Phi) is 7.92. The van der Waals surface area contributed by atoms with Crippen molar-refractivity contribution in [3.63, 3.8) is 0 Å². The van der Waals surface area contributed by atoms with E-state index in [9.17, 15) is 14.9 Å². The Morgan fingerprint density at radius 2 is 1.77 bits per heavy atom. The molecular formula is C27H27NO6S. The van der Waals surface area contributed by atoms with Crippen LogP contribution in [0.3, 0.4) is 0 Å². The van der Waals surface area contributed by atoms with E-state index in [1.54, 1.807) is 20.1 Å². The fraction of sp³-hybridized carbons (Fsp3) is 0.296. The molecule has 0 spiro atoms. The fourth-order valence-electron chi connectivity index (χ4n) is 4.37. The quantitative estimate of drug-likeness (QED) is 0.211. The maximum absolute atomic E-state index is 12.4. The van der Waals surface area contributed by atoms with Crippen molar-refractivity contribution in [2.24, 2.45) is 0 Å². The lowest BCUT2D eigenvalue weighted by Gasteiger charge is -2.33. The first-order chi connectivity index (χ1) is 17.0. The van der Waals surface area contributed by atoms with Gasteiger partial charge in [0.2, 0.25) is 6.04 Å². The molecule has 1 heterocycles. The van der Waals surface area contributed by atoms with Crippen molar-refractivity contribution in [3.05, 3.63) is 99.6 Å². The Morgan fingerprint density at radius 1 is 1.03 bits per heavy atom. The summed E-state index contributed by atoms with van der Waals surface area (Å²) >= 11 is 1.44. The van der Waals surface area contributed by atoms with Gasteiger partial charge in [-0.25, -0.2) is 0 Å². The Hall–Kier alpha value is -3.52. The molecule has 1 aliphatic heterocycles. The molecule has 4 rings (SSSR count). The molecule has 0 aliphatic carbocycles. The Bertz CT molecular complexity index is 1190. The summed E-state index contributed by atoms with van der Waals surface area (Å²) in [7, 11) is 1.56. The first-order valence-electron chi connectivity index (χ1n) is 11.4. The van der Waals surface area contributed by atoms with Crippen LogP contribution in [0.2, 0.25) is 0 Å². The van der Waals surface area contributed by atoms with E-state index in [4.69, 9.17) is 14.2 Å². The van der Waals surface area contributed by atoms with Crippen LogP contribution in [0.15, 0.2) is 77.7 Å². The van der Waals surface area contributed by atoms with Gasteiger partial charge in [-0.2, -0.15) is 0 Å². The van der Waals surface area contributed by atoms with Crippen LogP contribution >= 0.6 is 11.8 Å². The van der Waals surface area contributed by atoms with Crippen LogP contribution in [0.1, 0.15) is 41.2 Å². The van der Waals surface area contributed by atoms with Crippen LogP contribution in [0.5, 0.6) is 11.5 Å². The van der Waals surface area contributed by atoms with Gasteiger partial charge in [0.1, 0.15) is 11.9 Å². The number of esters is 1. The molecule has 0 aromatic heterocycles. The van der Waals surface area contributed by atoms with Gasteiger partial charge in [0.05, 0.1) is 26.1 Å². The molecule has 35 heavy (non-hydrogen) atoms. The smallest absolute Gasteiger partial charge is 0.306 e. The molecule has 0 bridgehead atoms. The molecule has 3 aromatic rings. The van der Waals surface area contributed by atoms with Crippen molar-refractivity contribution in [2.75, 3.05) is 13.7 Å². The summed E-state index contributed by atoms with van der Waals surface area (Å²) in [6, 6.07) is 21.7. The second-order valence-electron chi connectivity index (χ2n) is 8.15. The van der Waals surface area contributed by atoms with Gasteiger partial charge >= 0.3 is 5.97 Å². The van der Waals surface area contributed by atoms with E-state index in [-0.39, 0.29) is 18.0 Å². The fourth-order valence-corrected chi connectivity index (χ4v) is 5.86. The zero-order valence-electron chi connectivity index (χ0n) is 19.6. The number of nitro groups is 1. The summed E-state index contributed by atoms with van der Waals surface area (Å²) in [6.45, 7) is 2.30. The van der Waals surface area contributed by atoms with Crippen molar-refractivity contribution in [3.8, 4) is 11.5 Å². The minimum atomic E-state index is -1.02. The van der Waals surface area contributed by atoms with Gasteiger partial charge in [0, 0.05) is 9.82 Å².